The number of hydrogen-bond acceptors (Lipinski definition) is 4. The summed E-state index contributed by atoms with van der Waals surface area (Å²) in [6.45, 7) is 1.47. The summed E-state index contributed by atoms with van der Waals surface area (Å²) in [6, 6.07) is 3.84. The van der Waals surface area contributed by atoms with Crippen molar-refractivity contribution in [3.63, 3.8) is 0 Å². The Morgan fingerprint density at radius 3 is 2.88 bits per heavy atom. The van der Waals surface area contributed by atoms with Gasteiger partial charge in [-0.25, -0.2) is 4.98 Å². The molecule has 4 nitrogen and oxygen atoms in total. The topological polar surface area (TPSA) is 42.4 Å². The summed E-state index contributed by atoms with van der Waals surface area (Å²) in [5.74, 6) is 0.889. The minimum atomic E-state index is 0.672. The van der Waals surface area contributed by atoms with Crippen LogP contribution in [0.2, 0.25) is 0 Å². The summed E-state index contributed by atoms with van der Waals surface area (Å²) in [5, 5.41) is 0. The maximum Gasteiger partial charge on any atom is 0.142 e. The fourth-order valence-electron chi connectivity index (χ4n) is 1.22. The van der Waals surface area contributed by atoms with Crippen LogP contribution >= 0.6 is 0 Å². The second kappa shape index (κ2) is 6.74. The minimum absolute atomic E-state index is 0.672. The standard InChI is InChI=1S/C12H16N2O2/c1-14(7-9-16-2)12-6-5-11(10-13-12)4-3-8-15/h3-6,8,10H,7,9H2,1-2H3/b4-3+. The molecule has 0 aliphatic carbocycles. The highest BCUT2D eigenvalue weighted by Gasteiger charge is 2.00. The number of anilines is 1. The number of ether oxygens (including phenoxy) is 1. The Morgan fingerprint density at radius 1 is 1.50 bits per heavy atom. The molecule has 0 fully saturated rings. The van der Waals surface area contributed by atoms with Crippen molar-refractivity contribution in [3.8, 4) is 0 Å². The fraction of sp³-hybridized carbons (Fsp3) is 0.333. The van der Waals surface area contributed by atoms with E-state index in [4.69, 9.17) is 4.74 Å². The van der Waals surface area contributed by atoms with Gasteiger partial charge in [0, 0.05) is 26.9 Å². The summed E-state index contributed by atoms with van der Waals surface area (Å²) < 4.78 is 4.99. The molecular formula is C12H16N2O2. The number of pyridine rings is 1. The monoisotopic (exact) mass is 220 g/mol. The zero-order valence-corrected chi connectivity index (χ0v) is 9.59. The molecule has 1 aromatic heterocycles. The van der Waals surface area contributed by atoms with E-state index in [1.807, 2.05) is 24.1 Å². The van der Waals surface area contributed by atoms with Crippen LogP contribution in [0.3, 0.4) is 0 Å². The van der Waals surface area contributed by atoms with Crippen molar-refractivity contribution in [2.45, 2.75) is 0 Å². The van der Waals surface area contributed by atoms with Gasteiger partial charge in [0.15, 0.2) is 0 Å². The van der Waals surface area contributed by atoms with Crippen LogP contribution in [0, 0.1) is 0 Å². The Hall–Kier alpha value is -1.68. The summed E-state index contributed by atoms with van der Waals surface area (Å²) in [4.78, 5) is 16.4. The SMILES string of the molecule is COCCN(C)c1ccc(/C=C/C=O)cn1. The highest BCUT2D eigenvalue weighted by Crippen LogP contribution is 2.10. The highest BCUT2D eigenvalue weighted by atomic mass is 16.5. The molecule has 0 aliphatic heterocycles. The molecule has 0 radical (unpaired) electrons. The highest BCUT2D eigenvalue weighted by molar-refractivity contribution is 5.73. The van der Waals surface area contributed by atoms with E-state index in [0.717, 1.165) is 24.2 Å². The van der Waals surface area contributed by atoms with Gasteiger partial charge in [0.05, 0.1) is 6.61 Å². The Kier molecular flexibility index (Phi) is 5.22. The molecule has 16 heavy (non-hydrogen) atoms. The van der Waals surface area contributed by atoms with E-state index in [1.54, 1.807) is 19.4 Å². The lowest BCUT2D eigenvalue weighted by atomic mass is 10.2. The minimum Gasteiger partial charge on any atom is -0.383 e. The van der Waals surface area contributed by atoms with Crippen LogP contribution in [0.5, 0.6) is 0 Å². The van der Waals surface area contributed by atoms with Crippen molar-refractivity contribution in [2.24, 2.45) is 0 Å². The predicted octanol–water partition coefficient (Wildman–Crippen LogP) is 1.38. The quantitative estimate of drug-likeness (QED) is 0.536. The van der Waals surface area contributed by atoms with Gasteiger partial charge >= 0.3 is 0 Å². The molecule has 0 amide bonds. The van der Waals surface area contributed by atoms with E-state index in [2.05, 4.69) is 4.98 Å². The van der Waals surface area contributed by atoms with Crippen LogP contribution in [-0.4, -0.2) is 38.6 Å². The third-order valence-electron chi connectivity index (χ3n) is 2.16. The van der Waals surface area contributed by atoms with Crippen LogP contribution in [-0.2, 0) is 9.53 Å². The van der Waals surface area contributed by atoms with Crippen molar-refractivity contribution in [3.05, 3.63) is 30.0 Å². The number of likely N-dealkylation sites (N-methyl/N-ethyl adjacent to an activating group) is 1. The lowest BCUT2D eigenvalue weighted by Crippen LogP contribution is -2.22. The van der Waals surface area contributed by atoms with Crippen LogP contribution in [0.4, 0.5) is 5.82 Å². The molecule has 1 aromatic rings. The molecule has 86 valence electrons. The molecule has 1 heterocycles. The summed E-state index contributed by atoms with van der Waals surface area (Å²) in [6.07, 6.45) is 5.65. The molecule has 4 heteroatoms. The number of aromatic nitrogens is 1. The third-order valence-corrected chi connectivity index (χ3v) is 2.16. The molecule has 0 atom stereocenters. The first-order valence-electron chi connectivity index (χ1n) is 5.06. The molecule has 0 aliphatic rings. The summed E-state index contributed by atoms with van der Waals surface area (Å²) >= 11 is 0. The molecule has 0 saturated carbocycles. The van der Waals surface area contributed by atoms with Crippen LogP contribution < -0.4 is 4.90 Å². The molecule has 1 rings (SSSR count). The van der Waals surface area contributed by atoms with Gasteiger partial charge in [0.25, 0.3) is 0 Å². The number of carbonyl (C=O) groups excluding carboxylic acids is 1. The lowest BCUT2D eigenvalue weighted by molar-refractivity contribution is -0.104. The molecule has 0 spiro atoms. The summed E-state index contributed by atoms with van der Waals surface area (Å²) in [7, 11) is 3.64. The van der Waals surface area contributed by atoms with Gasteiger partial charge in [0.2, 0.25) is 0 Å². The van der Waals surface area contributed by atoms with Gasteiger partial charge in [-0.1, -0.05) is 6.08 Å². The predicted molar refractivity (Wildman–Crippen MR) is 64.5 cm³/mol. The fourth-order valence-corrected chi connectivity index (χ4v) is 1.22. The molecule has 0 unspecified atom stereocenters. The van der Waals surface area contributed by atoms with Gasteiger partial charge in [-0.15, -0.1) is 0 Å². The van der Waals surface area contributed by atoms with E-state index < -0.39 is 0 Å². The Bertz CT molecular complexity index is 347. The number of nitrogens with zero attached hydrogens (tertiary/aromatic N) is 2. The Balaban J connectivity index is 2.63. The van der Waals surface area contributed by atoms with E-state index in [-0.39, 0.29) is 0 Å². The van der Waals surface area contributed by atoms with Crippen molar-refractivity contribution in [1.82, 2.24) is 4.98 Å². The van der Waals surface area contributed by atoms with Gasteiger partial charge < -0.3 is 9.64 Å². The zero-order chi connectivity index (χ0) is 11.8. The molecule has 0 N–H and O–H groups in total. The zero-order valence-electron chi connectivity index (χ0n) is 9.59. The number of carbonyl (C=O) groups is 1. The molecule has 0 bridgehead atoms. The first-order chi connectivity index (χ1) is 7.77. The van der Waals surface area contributed by atoms with Crippen LogP contribution in [0.25, 0.3) is 6.08 Å². The molecule has 0 aromatic carbocycles. The van der Waals surface area contributed by atoms with Crippen molar-refractivity contribution < 1.29 is 9.53 Å². The average molecular weight is 220 g/mol. The lowest BCUT2D eigenvalue weighted by Gasteiger charge is -2.17. The smallest absolute Gasteiger partial charge is 0.142 e. The first kappa shape index (κ1) is 12.4. The van der Waals surface area contributed by atoms with Gasteiger partial charge in [-0.05, 0) is 23.8 Å². The van der Waals surface area contributed by atoms with Crippen molar-refractivity contribution >= 4 is 18.2 Å². The van der Waals surface area contributed by atoms with Crippen LogP contribution in [0.1, 0.15) is 5.56 Å². The number of hydrogen-bond donors (Lipinski definition) is 0. The summed E-state index contributed by atoms with van der Waals surface area (Å²) in [5.41, 5.74) is 0.913. The normalized spacial score (nSPS) is 10.6. The van der Waals surface area contributed by atoms with Crippen LogP contribution in [0.15, 0.2) is 24.4 Å². The molecular weight excluding hydrogens is 204 g/mol. The number of methoxy groups -OCH3 is 1. The van der Waals surface area contributed by atoms with Gasteiger partial charge in [0.1, 0.15) is 12.1 Å². The van der Waals surface area contributed by atoms with Crippen molar-refractivity contribution in [2.75, 3.05) is 32.2 Å². The average Bonchev–Trinajstić information content (AvgIpc) is 2.34. The van der Waals surface area contributed by atoms with Gasteiger partial charge in [-0.3, -0.25) is 4.79 Å². The number of aldehydes is 1. The second-order valence-electron chi connectivity index (χ2n) is 3.36. The molecule has 0 saturated heterocycles. The maximum absolute atomic E-state index is 10.1. The number of allylic oxidation sites excluding steroid dienone is 1. The first-order valence-corrected chi connectivity index (χ1v) is 5.06. The van der Waals surface area contributed by atoms with E-state index in [1.165, 1.54) is 6.08 Å². The third kappa shape index (κ3) is 3.82. The largest absolute Gasteiger partial charge is 0.383 e. The number of rotatable bonds is 6. The Morgan fingerprint density at radius 2 is 2.31 bits per heavy atom. The van der Waals surface area contributed by atoms with E-state index in [0.29, 0.717) is 6.61 Å². The van der Waals surface area contributed by atoms with Gasteiger partial charge in [-0.2, -0.15) is 0 Å². The van der Waals surface area contributed by atoms with Crippen molar-refractivity contribution in [1.29, 1.82) is 0 Å². The second-order valence-corrected chi connectivity index (χ2v) is 3.36. The maximum atomic E-state index is 10.1. The van der Waals surface area contributed by atoms with E-state index in [9.17, 15) is 4.79 Å². The van der Waals surface area contributed by atoms with E-state index >= 15 is 0 Å². The Labute approximate surface area is 95.6 Å².